The van der Waals surface area contributed by atoms with Gasteiger partial charge >= 0.3 is 0 Å². The third-order valence-electron chi connectivity index (χ3n) is 4.85. The second kappa shape index (κ2) is 8.51. The number of carbonyl (C=O) groups excluding carboxylic acids is 3. The number of hydrogen-bond donors (Lipinski definition) is 2. The number of amides is 3. The molecule has 3 amide bonds. The van der Waals surface area contributed by atoms with Crippen LogP contribution in [0.25, 0.3) is 16.9 Å². The van der Waals surface area contributed by atoms with Crippen LogP contribution < -0.4 is 10.6 Å². The Kier molecular flexibility index (Phi) is 5.63. The van der Waals surface area contributed by atoms with E-state index in [1.165, 1.54) is 0 Å². The highest BCUT2D eigenvalue weighted by Crippen LogP contribution is 2.25. The molecule has 0 aliphatic carbocycles. The maximum Gasteiger partial charge on any atom is 0.249 e. The Balaban J connectivity index is 1.60. The number of nitrogens with zero attached hydrogens (tertiary/aromatic N) is 2. The summed E-state index contributed by atoms with van der Waals surface area (Å²) in [5.41, 5.74) is 3.07. The minimum atomic E-state index is -0.710. The van der Waals surface area contributed by atoms with Crippen molar-refractivity contribution in [3.63, 3.8) is 0 Å². The second-order valence-electron chi connectivity index (χ2n) is 7.04. The largest absolute Gasteiger partial charge is 0.344 e. The van der Waals surface area contributed by atoms with Crippen LogP contribution in [-0.4, -0.2) is 33.5 Å². The zero-order valence-corrected chi connectivity index (χ0v) is 16.7. The number of aromatic nitrogens is 2. The van der Waals surface area contributed by atoms with Crippen LogP contribution in [0, 0.1) is 0 Å². The molecule has 0 unspecified atom stereocenters. The molecule has 1 aromatic heterocycles. The number of hydrogen-bond acceptors (Lipinski definition) is 4. The predicted molar refractivity (Wildman–Crippen MR) is 112 cm³/mol. The van der Waals surface area contributed by atoms with Gasteiger partial charge in [0.05, 0.1) is 17.8 Å². The van der Waals surface area contributed by atoms with Gasteiger partial charge in [0, 0.05) is 28.8 Å². The molecular formula is C22H19ClN4O3. The van der Waals surface area contributed by atoms with E-state index in [0.29, 0.717) is 22.7 Å². The minimum absolute atomic E-state index is 0.0442. The topological polar surface area (TPSA) is 93.1 Å². The molecule has 3 aromatic rings. The van der Waals surface area contributed by atoms with E-state index in [9.17, 15) is 14.4 Å². The SMILES string of the molecule is O=C1CC[C@@H](NC(=O)Cc2cn(-c3ccccc3)nc2-c2ccc(Cl)cc2)C(=O)N1. The number of para-hydroxylation sites is 1. The predicted octanol–water partition coefficient (Wildman–Crippen LogP) is 2.66. The molecule has 1 atom stereocenters. The first-order valence-corrected chi connectivity index (χ1v) is 9.90. The van der Waals surface area contributed by atoms with Crippen molar-refractivity contribution in [3.05, 3.63) is 71.4 Å². The van der Waals surface area contributed by atoms with E-state index in [2.05, 4.69) is 15.7 Å². The van der Waals surface area contributed by atoms with Crippen molar-refractivity contribution >= 4 is 29.3 Å². The van der Waals surface area contributed by atoms with Gasteiger partial charge in [0.2, 0.25) is 17.7 Å². The lowest BCUT2D eigenvalue weighted by atomic mass is 10.0. The average Bonchev–Trinajstić information content (AvgIpc) is 3.15. The van der Waals surface area contributed by atoms with Gasteiger partial charge < -0.3 is 5.32 Å². The molecule has 30 heavy (non-hydrogen) atoms. The van der Waals surface area contributed by atoms with E-state index >= 15 is 0 Å². The maximum atomic E-state index is 12.7. The highest BCUT2D eigenvalue weighted by atomic mass is 35.5. The number of rotatable bonds is 5. The number of nitrogens with one attached hydrogen (secondary N) is 2. The molecule has 8 heteroatoms. The van der Waals surface area contributed by atoms with Crippen molar-refractivity contribution in [2.75, 3.05) is 0 Å². The molecule has 152 valence electrons. The van der Waals surface area contributed by atoms with Crippen LogP contribution in [0.1, 0.15) is 18.4 Å². The molecule has 0 saturated carbocycles. The molecule has 0 bridgehead atoms. The van der Waals surface area contributed by atoms with Crippen molar-refractivity contribution < 1.29 is 14.4 Å². The first kappa shape index (κ1) is 19.8. The molecule has 2 aromatic carbocycles. The molecule has 1 fully saturated rings. The van der Waals surface area contributed by atoms with E-state index in [1.54, 1.807) is 16.8 Å². The van der Waals surface area contributed by atoms with Gasteiger partial charge in [-0.25, -0.2) is 4.68 Å². The molecular weight excluding hydrogens is 404 g/mol. The van der Waals surface area contributed by atoms with Gasteiger partial charge in [0.25, 0.3) is 0 Å². The third kappa shape index (κ3) is 4.41. The molecule has 0 spiro atoms. The quantitative estimate of drug-likeness (QED) is 0.618. The molecule has 2 N–H and O–H groups in total. The molecule has 1 aliphatic heterocycles. The van der Waals surface area contributed by atoms with Crippen molar-refractivity contribution in [1.29, 1.82) is 0 Å². The van der Waals surface area contributed by atoms with Crippen molar-refractivity contribution in [2.24, 2.45) is 0 Å². The first-order valence-electron chi connectivity index (χ1n) is 9.52. The summed E-state index contributed by atoms with van der Waals surface area (Å²) in [6, 6.07) is 16.1. The first-order chi connectivity index (χ1) is 14.5. The van der Waals surface area contributed by atoms with Gasteiger partial charge in [0.15, 0.2) is 0 Å². The standard InChI is InChI=1S/C22H19ClN4O3/c23-16-8-6-14(7-9-16)21-15(13-27(26-21)17-4-2-1-3-5-17)12-20(29)24-18-10-11-19(28)25-22(18)30/h1-9,13,18H,10-12H2,(H,24,29)(H,25,28,30)/t18-/m1/s1. The molecule has 1 saturated heterocycles. The lowest BCUT2D eigenvalue weighted by molar-refractivity contribution is -0.137. The third-order valence-corrected chi connectivity index (χ3v) is 5.11. The van der Waals surface area contributed by atoms with Gasteiger partial charge in [0.1, 0.15) is 6.04 Å². The summed E-state index contributed by atoms with van der Waals surface area (Å²) in [5, 5.41) is 10.2. The summed E-state index contributed by atoms with van der Waals surface area (Å²) in [6.07, 6.45) is 2.36. The maximum absolute atomic E-state index is 12.7. The molecule has 2 heterocycles. The van der Waals surface area contributed by atoms with Gasteiger partial charge in [-0.15, -0.1) is 0 Å². The summed E-state index contributed by atoms with van der Waals surface area (Å²) in [7, 11) is 0. The second-order valence-corrected chi connectivity index (χ2v) is 7.47. The van der Waals surface area contributed by atoms with E-state index in [-0.39, 0.29) is 24.7 Å². The number of carbonyl (C=O) groups is 3. The molecule has 4 rings (SSSR count). The lowest BCUT2D eigenvalue weighted by Gasteiger charge is -2.21. The lowest BCUT2D eigenvalue weighted by Crippen LogP contribution is -2.52. The monoisotopic (exact) mass is 422 g/mol. The normalized spacial score (nSPS) is 16.2. The fourth-order valence-electron chi connectivity index (χ4n) is 3.35. The Morgan fingerprint density at radius 1 is 1.13 bits per heavy atom. The van der Waals surface area contributed by atoms with E-state index in [1.807, 2.05) is 48.7 Å². The van der Waals surface area contributed by atoms with E-state index in [4.69, 9.17) is 11.6 Å². The molecule has 1 aliphatic rings. The van der Waals surface area contributed by atoms with Gasteiger partial charge in [-0.1, -0.05) is 41.9 Å². The molecule has 7 nitrogen and oxygen atoms in total. The number of imide groups is 1. The number of piperidine rings is 1. The Morgan fingerprint density at radius 3 is 2.57 bits per heavy atom. The van der Waals surface area contributed by atoms with Crippen LogP contribution in [0.4, 0.5) is 0 Å². The van der Waals surface area contributed by atoms with Gasteiger partial charge in [-0.2, -0.15) is 5.10 Å². The smallest absolute Gasteiger partial charge is 0.249 e. The van der Waals surface area contributed by atoms with Gasteiger partial charge in [-0.3, -0.25) is 19.7 Å². The summed E-state index contributed by atoms with van der Waals surface area (Å²) >= 11 is 6.01. The van der Waals surface area contributed by atoms with Crippen LogP contribution in [0.3, 0.4) is 0 Å². The highest BCUT2D eigenvalue weighted by Gasteiger charge is 2.28. The summed E-state index contributed by atoms with van der Waals surface area (Å²) in [4.78, 5) is 35.9. The van der Waals surface area contributed by atoms with Crippen LogP contribution in [0.15, 0.2) is 60.8 Å². The minimum Gasteiger partial charge on any atom is -0.344 e. The Morgan fingerprint density at radius 2 is 1.87 bits per heavy atom. The van der Waals surface area contributed by atoms with E-state index in [0.717, 1.165) is 11.3 Å². The zero-order chi connectivity index (χ0) is 21.1. The summed E-state index contributed by atoms with van der Waals surface area (Å²) < 4.78 is 1.72. The Bertz CT molecular complexity index is 1090. The zero-order valence-electron chi connectivity index (χ0n) is 16.0. The fraction of sp³-hybridized carbons (Fsp3) is 0.182. The van der Waals surface area contributed by atoms with Crippen LogP contribution >= 0.6 is 11.6 Å². The number of benzene rings is 2. The van der Waals surface area contributed by atoms with Gasteiger partial charge in [-0.05, 0) is 30.7 Å². The van der Waals surface area contributed by atoms with Crippen LogP contribution in [0.2, 0.25) is 5.02 Å². The van der Waals surface area contributed by atoms with Crippen LogP contribution in [0.5, 0.6) is 0 Å². The van der Waals surface area contributed by atoms with Crippen molar-refractivity contribution in [2.45, 2.75) is 25.3 Å². The van der Waals surface area contributed by atoms with Crippen molar-refractivity contribution in [1.82, 2.24) is 20.4 Å². The van der Waals surface area contributed by atoms with E-state index < -0.39 is 11.9 Å². The number of halogens is 1. The summed E-state index contributed by atoms with van der Waals surface area (Å²) in [5.74, 6) is -1.11. The Hall–Kier alpha value is -3.45. The Labute approximate surface area is 178 Å². The van der Waals surface area contributed by atoms with Crippen LogP contribution in [-0.2, 0) is 20.8 Å². The van der Waals surface area contributed by atoms with Crippen molar-refractivity contribution in [3.8, 4) is 16.9 Å². The fourth-order valence-corrected chi connectivity index (χ4v) is 3.48. The molecule has 0 radical (unpaired) electrons. The summed E-state index contributed by atoms with van der Waals surface area (Å²) in [6.45, 7) is 0. The average molecular weight is 423 g/mol. The highest BCUT2D eigenvalue weighted by molar-refractivity contribution is 6.30.